The van der Waals surface area contributed by atoms with E-state index in [0.717, 1.165) is 25.7 Å². The number of aliphatic hydroxyl groups excluding tert-OH is 2. The average Bonchev–Trinajstić information content (AvgIpc) is 2.36. The first-order chi connectivity index (χ1) is 8.65. The molecule has 0 saturated heterocycles. The molecule has 3 atom stereocenters. The zero-order valence-corrected chi connectivity index (χ0v) is 10.9. The van der Waals surface area contributed by atoms with Gasteiger partial charge in [-0.05, 0) is 55.2 Å². The van der Waals surface area contributed by atoms with Crippen molar-refractivity contribution in [3.8, 4) is 0 Å². The highest BCUT2D eigenvalue weighted by Crippen LogP contribution is 2.28. The molecule has 2 N–H and O–H groups in total. The third-order valence-corrected chi connectivity index (χ3v) is 3.82. The van der Waals surface area contributed by atoms with Crippen LogP contribution in [-0.2, 0) is 0 Å². The lowest BCUT2D eigenvalue weighted by Gasteiger charge is -2.22. The van der Waals surface area contributed by atoms with E-state index in [1.807, 2.05) is 24.3 Å². The van der Waals surface area contributed by atoms with E-state index < -0.39 is 0 Å². The van der Waals surface area contributed by atoms with Gasteiger partial charge in [0.1, 0.15) is 5.76 Å². The number of hydrogen-bond acceptors (Lipinski definition) is 2. The lowest BCUT2D eigenvalue weighted by atomic mass is 9.83. The van der Waals surface area contributed by atoms with Crippen LogP contribution in [0.15, 0.2) is 47.8 Å². The highest BCUT2D eigenvalue weighted by atomic mass is 16.3. The molecule has 2 aliphatic rings. The largest absolute Gasteiger partial charge is 0.508 e. The molecule has 0 amide bonds. The summed E-state index contributed by atoms with van der Waals surface area (Å²) in [5.41, 5.74) is 1.24. The van der Waals surface area contributed by atoms with Crippen LogP contribution in [0, 0.1) is 11.8 Å². The second-order valence-electron chi connectivity index (χ2n) is 5.36. The van der Waals surface area contributed by atoms with Crippen molar-refractivity contribution in [2.45, 2.75) is 38.7 Å². The van der Waals surface area contributed by atoms with Crippen LogP contribution in [0.2, 0.25) is 0 Å². The maximum atomic E-state index is 9.55. The van der Waals surface area contributed by atoms with Crippen molar-refractivity contribution in [3.05, 3.63) is 47.8 Å². The summed E-state index contributed by atoms with van der Waals surface area (Å²) in [6.07, 6.45) is 15.4. The minimum atomic E-state index is -0.304. The monoisotopic (exact) mass is 246 g/mol. The smallest absolute Gasteiger partial charge is 0.111 e. The molecule has 0 aromatic rings. The average molecular weight is 246 g/mol. The Morgan fingerprint density at radius 2 is 2.00 bits per heavy atom. The van der Waals surface area contributed by atoms with Gasteiger partial charge in [-0.2, -0.15) is 0 Å². The van der Waals surface area contributed by atoms with E-state index in [0.29, 0.717) is 17.6 Å². The molecule has 0 bridgehead atoms. The summed E-state index contributed by atoms with van der Waals surface area (Å²) in [6, 6.07) is 0. The van der Waals surface area contributed by atoms with E-state index in [9.17, 15) is 10.2 Å². The summed E-state index contributed by atoms with van der Waals surface area (Å²) in [5.74, 6) is 1.38. The van der Waals surface area contributed by atoms with Gasteiger partial charge in [-0.1, -0.05) is 31.2 Å². The Labute approximate surface area is 109 Å². The molecule has 0 saturated carbocycles. The second kappa shape index (κ2) is 6.05. The third-order valence-electron chi connectivity index (χ3n) is 3.82. The molecular weight excluding hydrogens is 224 g/mol. The number of aliphatic hydroxyl groups is 2. The fraction of sp³-hybridized carbons (Fsp3) is 0.500. The highest BCUT2D eigenvalue weighted by Gasteiger charge is 2.17. The van der Waals surface area contributed by atoms with Crippen molar-refractivity contribution in [1.82, 2.24) is 0 Å². The third kappa shape index (κ3) is 3.61. The Kier molecular flexibility index (Phi) is 4.43. The quantitative estimate of drug-likeness (QED) is 0.794. The Morgan fingerprint density at radius 1 is 1.22 bits per heavy atom. The summed E-state index contributed by atoms with van der Waals surface area (Å²) in [5, 5.41) is 19.0. The van der Waals surface area contributed by atoms with Crippen LogP contribution in [0.25, 0.3) is 0 Å². The fourth-order valence-corrected chi connectivity index (χ4v) is 2.59. The molecule has 18 heavy (non-hydrogen) atoms. The van der Waals surface area contributed by atoms with E-state index in [4.69, 9.17) is 0 Å². The fourth-order valence-electron chi connectivity index (χ4n) is 2.59. The van der Waals surface area contributed by atoms with Crippen LogP contribution >= 0.6 is 0 Å². The number of allylic oxidation sites excluding steroid dienone is 5. The molecule has 0 heterocycles. The van der Waals surface area contributed by atoms with E-state index in [1.54, 1.807) is 6.08 Å². The lowest BCUT2D eigenvalue weighted by Crippen LogP contribution is -2.12. The zero-order chi connectivity index (χ0) is 13.0. The Morgan fingerprint density at radius 3 is 2.72 bits per heavy atom. The predicted octanol–water partition coefficient (Wildman–Crippen LogP) is 3.67. The molecule has 0 aliphatic heterocycles. The minimum absolute atomic E-state index is 0.304. The first-order valence-electron chi connectivity index (χ1n) is 6.78. The van der Waals surface area contributed by atoms with Crippen LogP contribution in [0.3, 0.4) is 0 Å². The molecule has 2 aliphatic carbocycles. The molecule has 0 spiro atoms. The standard InChI is InChI=1S/C16H22O2/c1-12(14-5-3-7-16(18)11-14)8-9-13-4-2-6-15(17)10-13/h2-4,7,10-12,14-15,17-18H,5-6,8-9H2,1H3. The molecule has 3 unspecified atom stereocenters. The van der Waals surface area contributed by atoms with Crippen molar-refractivity contribution >= 4 is 0 Å². The molecule has 98 valence electrons. The SMILES string of the molecule is CC(CCC1=CC(O)CC=C1)C1C=C(O)C=CC1. The number of hydrogen-bond donors (Lipinski definition) is 2. The van der Waals surface area contributed by atoms with Gasteiger partial charge in [-0.3, -0.25) is 0 Å². The van der Waals surface area contributed by atoms with Crippen molar-refractivity contribution in [1.29, 1.82) is 0 Å². The molecule has 2 nitrogen and oxygen atoms in total. The Bertz CT molecular complexity index is 401. The van der Waals surface area contributed by atoms with E-state index >= 15 is 0 Å². The number of rotatable bonds is 4. The van der Waals surface area contributed by atoms with Crippen molar-refractivity contribution in [2.24, 2.45) is 11.8 Å². The lowest BCUT2D eigenvalue weighted by molar-refractivity contribution is 0.224. The van der Waals surface area contributed by atoms with Gasteiger partial charge >= 0.3 is 0 Å². The van der Waals surface area contributed by atoms with Crippen LogP contribution in [0.4, 0.5) is 0 Å². The van der Waals surface area contributed by atoms with Gasteiger partial charge in [-0.15, -0.1) is 0 Å². The molecule has 2 rings (SSSR count). The van der Waals surface area contributed by atoms with Gasteiger partial charge in [0.2, 0.25) is 0 Å². The topological polar surface area (TPSA) is 40.5 Å². The highest BCUT2D eigenvalue weighted by molar-refractivity contribution is 5.24. The minimum Gasteiger partial charge on any atom is -0.508 e. The van der Waals surface area contributed by atoms with E-state index in [1.165, 1.54) is 5.57 Å². The molecule has 0 aromatic heterocycles. The molecular formula is C16H22O2. The van der Waals surface area contributed by atoms with Crippen molar-refractivity contribution in [2.75, 3.05) is 0 Å². The first kappa shape index (κ1) is 13.2. The molecule has 0 radical (unpaired) electrons. The normalized spacial score (nSPS) is 28.8. The second-order valence-corrected chi connectivity index (χ2v) is 5.36. The molecule has 0 fully saturated rings. The van der Waals surface area contributed by atoms with E-state index in [-0.39, 0.29) is 6.10 Å². The predicted molar refractivity (Wildman–Crippen MR) is 74.2 cm³/mol. The van der Waals surface area contributed by atoms with Gasteiger partial charge in [0.15, 0.2) is 0 Å². The summed E-state index contributed by atoms with van der Waals surface area (Å²) >= 11 is 0. The summed E-state index contributed by atoms with van der Waals surface area (Å²) in [4.78, 5) is 0. The van der Waals surface area contributed by atoms with Gasteiger partial charge in [0.25, 0.3) is 0 Å². The Balaban J connectivity index is 1.83. The van der Waals surface area contributed by atoms with Crippen LogP contribution in [0.1, 0.15) is 32.6 Å². The van der Waals surface area contributed by atoms with Gasteiger partial charge in [-0.25, -0.2) is 0 Å². The van der Waals surface area contributed by atoms with E-state index in [2.05, 4.69) is 13.0 Å². The summed E-state index contributed by atoms with van der Waals surface area (Å²) < 4.78 is 0. The maximum Gasteiger partial charge on any atom is 0.111 e. The van der Waals surface area contributed by atoms with Gasteiger partial charge < -0.3 is 10.2 Å². The summed E-state index contributed by atoms with van der Waals surface area (Å²) in [6.45, 7) is 2.23. The van der Waals surface area contributed by atoms with Crippen molar-refractivity contribution in [3.63, 3.8) is 0 Å². The van der Waals surface area contributed by atoms with Crippen molar-refractivity contribution < 1.29 is 10.2 Å². The van der Waals surface area contributed by atoms with Crippen LogP contribution in [-0.4, -0.2) is 16.3 Å². The first-order valence-corrected chi connectivity index (χ1v) is 6.78. The summed E-state index contributed by atoms with van der Waals surface area (Å²) in [7, 11) is 0. The molecule has 0 aromatic carbocycles. The van der Waals surface area contributed by atoms with Gasteiger partial charge in [0.05, 0.1) is 6.10 Å². The maximum absolute atomic E-state index is 9.55. The van der Waals surface area contributed by atoms with Crippen LogP contribution in [0.5, 0.6) is 0 Å². The van der Waals surface area contributed by atoms with Crippen LogP contribution < -0.4 is 0 Å². The zero-order valence-electron chi connectivity index (χ0n) is 10.9. The Hall–Kier alpha value is -1.28. The molecule has 2 heteroatoms. The van der Waals surface area contributed by atoms with Gasteiger partial charge in [0, 0.05) is 0 Å².